The lowest BCUT2D eigenvalue weighted by atomic mass is 9.52. The van der Waals surface area contributed by atoms with Crippen molar-refractivity contribution in [1.82, 2.24) is 9.80 Å². The molecule has 0 spiro atoms. The van der Waals surface area contributed by atoms with Gasteiger partial charge in [-0.25, -0.2) is 0 Å². The highest BCUT2D eigenvalue weighted by molar-refractivity contribution is 6.34. The third-order valence-corrected chi connectivity index (χ3v) is 10.9. The Bertz CT molecular complexity index is 1600. The topological polar surface area (TPSA) is 158 Å². The molecule has 6 atom stereocenters. The number of carbonyl (C=O) groups excluding carboxylic acids is 5. The summed E-state index contributed by atoms with van der Waals surface area (Å²) >= 11 is 6.98. The van der Waals surface area contributed by atoms with E-state index in [4.69, 9.17) is 17.3 Å². The Balaban J connectivity index is 1.35. The fourth-order valence-corrected chi connectivity index (χ4v) is 8.62. The molecule has 1 amide bonds. The Morgan fingerprint density at radius 3 is 2.27 bits per heavy atom. The lowest BCUT2D eigenvalue weighted by Gasteiger charge is -2.52. The molecular weight excluding hydrogens is 586 g/mol. The first-order valence-electron chi connectivity index (χ1n) is 15.0. The van der Waals surface area contributed by atoms with Crippen LogP contribution in [0.15, 0.2) is 30.3 Å². The summed E-state index contributed by atoms with van der Waals surface area (Å²) < 4.78 is 0. The normalized spacial score (nSPS) is 29.9. The minimum Gasteiger partial charge on any atom is -0.507 e. The van der Waals surface area contributed by atoms with E-state index >= 15 is 0 Å². The maximum absolute atomic E-state index is 14.0. The van der Waals surface area contributed by atoms with Crippen LogP contribution in [0.1, 0.15) is 46.0 Å². The molecule has 6 rings (SSSR count). The molecule has 2 aromatic carbocycles. The Kier molecular flexibility index (Phi) is 7.56. The van der Waals surface area contributed by atoms with Crippen LogP contribution in [0.5, 0.6) is 5.75 Å². The molecule has 4 aliphatic rings. The number of ketones is 4. The predicted molar refractivity (Wildman–Crippen MR) is 160 cm³/mol. The summed E-state index contributed by atoms with van der Waals surface area (Å²) in [6.45, 7) is 3.25. The highest BCUT2D eigenvalue weighted by atomic mass is 35.5. The van der Waals surface area contributed by atoms with Gasteiger partial charge in [-0.3, -0.25) is 33.8 Å². The zero-order chi connectivity index (χ0) is 31.8. The number of amides is 1. The summed E-state index contributed by atoms with van der Waals surface area (Å²) in [7, 11) is 3.11. The van der Waals surface area contributed by atoms with Crippen molar-refractivity contribution in [3.63, 3.8) is 0 Å². The number of nitrogens with two attached hydrogens (primary N) is 1. The van der Waals surface area contributed by atoms with Crippen LogP contribution < -0.4 is 5.73 Å². The van der Waals surface area contributed by atoms with E-state index in [9.17, 15) is 34.2 Å². The fourth-order valence-electron chi connectivity index (χ4n) is 8.33. The highest BCUT2D eigenvalue weighted by Gasteiger charge is 2.69. The minimum absolute atomic E-state index is 0.0212. The number of hydrogen-bond donors (Lipinski definition) is 3. The van der Waals surface area contributed by atoms with Gasteiger partial charge in [0.05, 0.1) is 17.5 Å². The average Bonchev–Trinajstić information content (AvgIpc) is 3.39. The first-order chi connectivity index (χ1) is 20.8. The number of nitrogens with zero attached hydrogens (tertiary/aromatic N) is 2. The van der Waals surface area contributed by atoms with Crippen LogP contribution in [0.3, 0.4) is 0 Å². The van der Waals surface area contributed by atoms with E-state index in [0.717, 1.165) is 19.4 Å². The third kappa shape index (κ3) is 4.37. The van der Waals surface area contributed by atoms with Crippen LogP contribution in [-0.2, 0) is 45.0 Å². The van der Waals surface area contributed by atoms with Crippen LogP contribution in [-0.4, -0.2) is 87.4 Å². The Hall–Kier alpha value is -3.44. The van der Waals surface area contributed by atoms with Gasteiger partial charge in [0.2, 0.25) is 5.91 Å². The third-order valence-electron chi connectivity index (χ3n) is 10.4. The molecule has 4 N–H and O–H groups in total. The maximum Gasteiger partial charge on any atom is 0.235 e. The van der Waals surface area contributed by atoms with Crippen molar-refractivity contribution in [3.05, 3.63) is 63.2 Å². The number of carbonyl (C=O) groups is 5. The number of phenolic OH excluding ortho intramolecular Hbond substituents is 1. The molecule has 4 aliphatic carbocycles. The van der Waals surface area contributed by atoms with Crippen molar-refractivity contribution >= 4 is 40.6 Å². The second-order valence-corrected chi connectivity index (χ2v) is 13.3. The summed E-state index contributed by atoms with van der Waals surface area (Å²) in [4.78, 5) is 70.5. The molecule has 0 aliphatic heterocycles. The number of aromatic hydroxyl groups is 1. The van der Waals surface area contributed by atoms with E-state index in [1.54, 1.807) is 14.1 Å². The maximum atomic E-state index is 14.0. The number of rotatable bonds is 6. The lowest BCUT2D eigenvalue weighted by Crippen LogP contribution is -2.74. The zero-order valence-electron chi connectivity index (χ0n) is 24.9. The van der Waals surface area contributed by atoms with E-state index in [-0.39, 0.29) is 30.2 Å². The van der Waals surface area contributed by atoms with Crippen LogP contribution in [0.2, 0.25) is 5.02 Å². The van der Waals surface area contributed by atoms with Crippen molar-refractivity contribution in [1.29, 1.82) is 0 Å². The molecule has 0 bridgehead atoms. The molecule has 2 fully saturated rings. The second kappa shape index (κ2) is 10.9. The predicted octanol–water partition coefficient (Wildman–Crippen LogP) is 1.51. The standard InChI is InChI=1S/C33H36ClN3O7/c1-4-37(19-9-15-7-5-6-8-16(15)10-19)14-18-13-22(38)24-20(26(18)34)11-17-12-21-27(36(2)3)29(40)25(32(35)43)31(42)33(21,44)30(41)23(17)28(24)39/h5-8,13,17,19,21,23,25,27,38,44H,4,9-12,14H2,1-3H3,(H2,35,43)/t17-,21-,23?,25?,27-,33-/m0/s1. The number of halogens is 1. The first kappa shape index (κ1) is 30.6. The van der Waals surface area contributed by atoms with Crippen molar-refractivity contribution < 1.29 is 34.2 Å². The van der Waals surface area contributed by atoms with Crippen LogP contribution in [0.25, 0.3) is 0 Å². The molecular formula is C33H36ClN3O7. The smallest absolute Gasteiger partial charge is 0.235 e. The number of hydrogen-bond acceptors (Lipinski definition) is 9. The van der Waals surface area contributed by atoms with E-state index in [1.807, 2.05) is 12.1 Å². The largest absolute Gasteiger partial charge is 0.507 e. The molecule has 44 heavy (non-hydrogen) atoms. The SMILES string of the molecule is CCN(Cc1cc(O)c2c(c1Cl)C[C@H]1C[C@H]3[C@H](N(C)C)C(=O)C(C(N)=O)C(=O)[C@@]3(O)C(=O)C1C2=O)C1Cc2ccccc2C1. The van der Waals surface area contributed by atoms with Crippen LogP contribution in [0.4, 0.5) is 0 Å². The molecule has 11 heteroatoms. The van der Waals surface area contributed by atoms with E-state index in [0.29, 0.717) is 22.7 Å². The van der Waals surface area contributed by atoms with E-state index < -0.39 is 64.4 Å². The van der Waals surface area contributed by atoms with Gasteiger partial charge >= 0.3 is 0 Å². The molecule has 0 saturated heterocycles. The summed E-state index contributed by atoms with van der Waals surface area (Å²) in [6.07, 6.45) is 1.91. The second-order valence-electron chi connectivity index (χ2n) is 12.9. The van der Waals surface area contributed by atoms with Gasteiger partial charge in [0.1, 0.15) is 5.75 Å². The van der Waals surface area contributed by atoms with Crippen molar-refractivity contribution in [2.75, 3.05) is 20.6 Å². The van der Waals surface area contributed by atoms with Gasteiger partial charge in [-0.05, 0) is 80.6 Å². The summed E-state index contributed by atoms with van der Waals surface area (Å²) in [5.41, 5.74) is 6.23. The van der Waals surface area contributed by atoms with Crippen molar-refractivity contribution in [2.24, 2.45) is 29.4 Å². The monoisotopic (exact) mass is 621 g/mol. The molecule has 2 unspecified atom stereocenters. The van der Waals surface area contributed by atoms with Gasteiger partial charge < -0.3 is 15.9 Å². The highest BCUT2D eigenvalue weighted by Crippen LogP contribution is 2.52. The van der Waals surface area contributed by atoms with Gasteiger partial charge in [0.25, 0.3) is 0 Å². The number of phenols is 1. The Morgan fingerprint density at radius 2 is 1.70 bits per heavy atom. The van der Waals surface area contributed by atoms with Crippen LogP contribution in [0, 0.1) is 23.7 Å². The fraction of sp³-hybridized carbons (Fsp3) is 0.485. The number of aliphatic hydroxyl groups is 1. The van der Waals surface area contributed by atoms with E-state index in [2.05, 4.69) is 24.0 Å². The van der Waals surface area contributed by atoms with Gasteiger partial charge in [-0.2, -0.15) is 0 Å². The summed E-state index contributed by atoms with van der Waals surface area (Å²) in [6, 6.07) is 8.90. The minimum atomic E-state index is -2.75. The van der Waals surface area contributed by atoms with Gasteiger partial charge in [-0.15, -0.1) is 0 Å². The molecule has 2 aromatic rings. The van der Waals surface area contributed by atoms with Crippen molar-refractivity contribution in [3.8, 4) is 5.75 Å². The Labute approximate surface area is 260 Å². The van der Waals surface area contributed by atoms with Gasteiger partial charge in [-0.1, -0.05) is 42.8 Å². The number of fused-ring (bicyclic) bond motifs is 4. The zero-order valence-corrected chi connectivity index (χ0v) is 25.6. The van der Waals surface area contributed by atoms with Gasteiger partial charge in [0.15, 0.2) is 34.7 Å². The molecule has 0 heterocycles. The number of primary amides is 1. The average molecular weight is 622 g/mol. The number of benzene rings is 2. The molecule has 2 saturated carbocycles. The number of Topliss-reactive ketones (excluding diaryl/α,β-unsaturated/α-hetero) is 4. The van der Waals surface area contributed by atoms with Crippen LogP contribution >= 0.6 is 11.6 Å². The molecule has 0 radical (unpaired) electrons. The molecule has 232 valence electrons. The molecule has 0 aromatic heterocycles. The lowest BCUT2D eigenvalue weighted by molar-refractivity contribution is -0.181. The summed E-state index contributed by atoms with van der Waals surface area (Å²) in [5.74, 6) is -10.8. The van der Waals surface area contributed by atoms with Gasteiger partial charge in [0, 0.05) is 23.5 Å². The quantitative estimate of drug-likeness (QED) is 0.407. The van der Waals surface area contributed by atoms with E-state index in [1.165, 1.54) is 22.1 Å². The number of likely N-dealkylation sites (N-methyl/N-ethyl adjacent to an activating group) is 2. The molecule has 10 nitrogen and oxygen atoms in total. The Morgan fingerprint density at radius 1 is 1.07 bits per heavy atom. The van der Waals surface area contributed by atoms with Crippen molar-refractivity contribution in [2.45, 2.75) is 56.8 Å². The first-order valence-corrected chi connectivity index (χ1v) is 15.4. The summed E-state index contributed by atoms with van der Waals surface area (Å²) in [5, 5.41) is 23.2.